The molecule has 21 heavy (non-hydrogen) atoms. The standard InChI is InChI=1S/C20H23N/c1-4-7-18-8-5-6-9-19(18)14-15-21-20-12-10-17(11-13-20)16(2)3/h4-6,8-16,21H,1,7H2,2-3H3/b15-14+. The molecule has 2 aromatic carbocycles. The summed E-state index contributed by atoms with van der Waals surface area (Å²) in [5.74, 6) is 0.570. The number of anilines is 1. The van der Waals surface area contributed by atoms with E-state index < -0.39 is 0 Å². The fraction of sp³-hybridized carbons (Fsp3) is 0.200. The van der Waals surface area contributed by atoms with Gasteiger partial charge in [0.2, 0.25) is 0 Å². The molecule has 0 atom stereocenters. The summed E-state index contributed by atoms with van der Waals surface area (Å²) in [5.41, 5.74) is 4.99. The van der Waals surface area contributed by atoms with Gasteiger partial charge < -0.3 is 5.32 Å². The van der Waals surface area contributed by atoms with Crippen molar-refractivity contribution < 1.29 is 0 Å². The molecule has 0 aliphatic heterocycles. The smallest absolute Gasteiger partial charge is 0.0379 e. The minimum absolute atomic E-state index is 0.570. The zero-order chi connectivity index (χ0) is 15.1. The van der Waals surface area contributed by atoms with E-state index in [0.717, 1.165) is 12.1 Å². The zero-order valence-corrected chi connectivity index (χ0v) is 12.8. The van der Waals surface area contributed by atoms with E-state index in [2.05, 4.69) is 80.4 Å². The van der Waals surface area contributed by atoms with Crippen LogP contribution in [-0.4, -0.2) is 0 Å². The first-order valence-electron chi connectivity index (χ1n) is 7.42. The number of rotatable bonds is 6. The molecule has 0 aliphatic carbocycles. The van der Waals surface area contributed by atoms with Gasteiger partial charge in [-0.2, -0.15) is 0 Å². The predicted molar refractivity (Wildman–Crippen MR) is 93.5 cm³/mol. The SMILES string of the molecule is C=CCc1ccccc1/C=C/Nc1ccc(C(C)C)cc1. The largest absolute Gasteiger partial charge is 0.362 e. The average molecular weight is 277 g/mol. The van der Waals surface area contributed by atoms with Crippen LogP contribution < -0.4 is 5.32 Å². The van der Waals surface area contributed by atoms with Crippen molar-refractivity contribution in [3.63, 3.8) is 0 Å². The maximum absolute atomic E-state index is 3.81. The van der Waals surface area contributed by atoms with Crippen LogP contribution >= 0.6 is 0 Å². The summed E-state index contributed by atoms with van der Waals surface area (Å²) < 4.78 is 0. The Kier molecular flexibility index (Phi) is 5.39. The van der Waals surface area contributed by atoms with E-state index in [-0.39, 0.29) is 0 Å². The van der Waals surface area contributed by atoms with Gasteiger partial charge in [0.25, 0.3) is 0 Å². The summed E-state index contributed by atoms with van der Waals surface area (Å²) in [7, 11) is 0. The minimum Gasteiger partial charge on any atom is -0.362 e. The minimum atomic E-state index is 0.570. The van der Waals surface area contributed by atoms with Crippen molar-refractivity contribution in [3.8, 4) is 0 Å². The first-order chi connectivity index (χ1) is 10.2. The average Bonchev–Trinajstić information content (AvgIpc) is 2.50. The van der Waals surface area contributed by atoms with Gasteiger partial charge >= 0.3 is 0 Å². The summed E-state index contributed by atoms with van der Waals surface area (Å²) in [4.78, 5) is 0. The molecule has 0 fully saturated rings. The van der Waals surface area contributed by atoms with Crippen molar-refractivity contribution in [3.05, 3.63) is 84.1 Å². The Bertz CT molecular complexity index is 606. The Labute approximate surface area is 128 Å². The molecule has 2 aromatic rings. The van der Waals surface area contributed by atoms with Crippen LogP contribution in [0.25, 0.3) is 6.08 Å². The highest BCUT2D eigenvalue weighted by atomic mass is 14.8. The van der Waals surface area contributed by atoms with Crippen molar-refractivity contribution >= 4 is 11.8 Å². The van der Waals surface area contributed by atoms with E-state index in [0.29, 0.717) is 5.92 Å². The first-order valence-corrected chi connectivity index (χ1v) is 7.42. The molecule has 0 bridgehead atoms. The van der Waals surface area contributed by atoms with Gasteiger partial charge in [-0.05, 0) is 47.2 Å². The monoisotopic (exact) mass is 277 g/mol. The lowest BCUT2D eigenvalue weighted by molar-refractivity contribution is 0.867. The molecule has 1 heteroatoms. The zero-order valence-electron chi connectivity index (χ0n) is 12.8. The lowest BCUT2D eigenvalue weighted by atomic mass is 10.0. The van der Waals surface area contributed by atoms with Gasteiger partial charge in [0, 0.05) is 11.9 Å². The van der Waals surface area contributed by atoms with Crippen molar-refractivity contribution in [2.45, 2.75) is 26.2 Å². The maximum atomic E-state index is 3.81. The third-order valence-electron chi connectivity index (χ3n) is 3.51. The van der Waals surface area contributed by atoms with Crippen LogP contribution in [0.4, 0.5) is 5.69 Å². The number of nitrogens with one attached hydrogen (secondary N) is 1. The summed E-state index contributed by atoms with van der Waals surface area (Å²) in [6.07, 6.45) is 6.93. The Morgan fingerprint density at radius 1 is 1.05 bits per heavy atom. The molecule has 0 amide bonds. The molecule has 0 saturated carbocycles. The highest BCUT2D eigenvalue weighted by Crippen LogP contribution is 2.17. The topological polar surface area (TPSA) is 12.0 Å². The van der Waals surface area contributed by atoms with Crippen LogP contribution in [0.15, 0.2) is 67.4 Å². The summed E-state index contributed by atoms with van der Waals surface area (Å²) in [6, 6.07) is 17.0. The quantitative estimate of drug-likeness (QED) is 0.675. The van der Waals surface area contributed by atoms with E-state index >= 15 is 0 Å². The molecule has 108 valence electrons. The second kappa shape index (κ2) is 7.49. The normalized spacial score (nSPS) is 11.0. The van der Waals surface area contributed by atoms with E-state index in [4.69, 9.17) is 0 Å². The van der Waals surface area contributed by atoms with E-state index in [1.54, 1.807) is 0 Å². The molecule has 2 rings (SSSR count). The second-order valence-electron chi connectivity index (χ2n) is 5.45. The maximum Gasteiger partial charge on any atom is 0.0379 e. The first kappa shape index (κ1) is 15.1. The van der Waals surface area contributed by atoms with E-state index in [1.807, 2.05) is 12.3 Å². The van der Waals surface area contributed by atoms with Crippen molar-refractivity contribution in [1.82, 2.24) is 0 Å². The lowest BCUT2D eigenvalue weighted by Gasteiger charge is -2.07. The summed E-state index contributed by atoms with van der Waals surface area (Å²) >= 11 is 0. The molecule has 0 radical (unpaired) electrons. The third-order valence-corrected chi connectivity index (χ3v) is 3.51. The molecule has 0 aliphatic rings. The molecule has 0 aromatic heterocycles. The van der Waals surface area contributed by atoms with Crippen LogP contribution in [0, 0.1) is 0 Å². The molecule has 1 nitrogen and oxygen atoms in total. The van der Waals surface area contributed by atoms with Gasteiger partial charge in [-0.1, -0.05) is 56.3 Å². The Hall–Kier alpha value is -2.28. The van der Waals surface area contributed by atoms with Gasteiger partial charge in [0.15, 0.2) is 0 Å². The predicted octanol–water partition coefficient (Wildman–Crippen LogP) is 5.62. The molecular weight excluding hydrogens is 254 g/mol. The number of allylic oxidation sites excluding steroid dienone is 1. The van der Waals surface area contributed by atoms with Crippen molar-refractivity contribution in [1.29, 1.82) is 0 Å². The fourth-order valence-corrected chi connectivity index (χ4v) is 2.23. The highest BCUT2D eigenvalue weighted by Gasteiger charge is 1.98. The van der Waals surface area contributed by atoms with E-state index in [9.17, 15) is 0 Å². The van der Waals surface area contributed by atoms with Gasteiger partial charge in [-0.15, -0.1) is 6.58 Å². The van der Waals surface area contributed by atoms with Crippen LogP contribution in [0.3, 0.4) is 0 Å². The Morgan fingerprint density at radius 2 is 1.76 bits per heavy atom. The lowest BCUT2D eigenvalue weighted by Crippen LogP contribution is -1.91. The van der Waals surface area contributed by atoms with Crippen LogP contribution in [0.2, 0.25) is 0 Å². The van der Waals surface area contributed by atoms with Crippen molar-refractivity contribution in [2.24, 2.45) is 0 Å². The van der Waals surface area contributed by atoms with Crippen molar-refractivity contribution in [2.75, 3.05) is 5.32 Å². The summed E-state index contributed by atoms with van der Waals surface area (Å²) in [6.45, 7) is 8.22. The number of hydrogen-bond acceptors (Lipinski definition) is 1. The van der Waals surface area contributed by atoms with Crippen LogP contribution in [0.5, 0.6) is 0 Å². The van der Waals surface area contributed by atoms with Gasteiger partial charge in [0.05, 0.1) is 0 Å². The molecule has 0 spiro atoms. The highest BCUT2D eigenvalue weighted by molar-refractivity contribution is 5.58. The molecule has 0 unspecified atom stereocenters. The Balaban J connectivity index is 2.03. The number of benzene rings is 2. The summed E-state index contributed by atoms with van der Waals surface area (Å²) in [5, 5.41) is 3.32. The van der Waals surface area contributed by atoms with Crippen LogP contribution in [0.1, 0.15) is 36.5 Å². The van der Waals surface area contributed by atoms with Gasteiger partial charge in [0.1, 0.15) is 0 Å². The second-order valence-corrected chi connectivity index (χ2v) is 5.45. The molecule has 0 heterocycles. The van der Waals surface area contributed by atoms with Gasteiger partial charge in [-0.25, -0.2) is 0 Å². The molecular formula is C20H23N. The number of hydrogen-bond donors (Lipinski definition) is 1. The van der Waals surface area contributed by atoms with Gasteiger partial charge in [-0.3, -0.25) is 0 Å². The Morgan fingerprint density at radius 3 is 2.43 bits per heavy atom. The molecule has 0 saturated heterocycles. The fourth-order valence-electron chi connectivity index (χ4n) is 2.23. The third kappa shape index (κ3) is 4.35. The van der Waals surface area contributed by atoms with E-state index in [1.165, 1.54) is 16.7 Å². The van der Waals surface area contributed by atoms with Crippen LogP contribution in [-0.2, 0) is 6.42 Å². The molecule has 1 N–H and O–H groups in total.